The SMILES string of the molecule is CC(Nc1cc(F)c2ncn(-c3ccn[nH]3)c(=O)c2c1)c1nc(Cl)c(Cl)s1. The van der Waals surface area contributed by atoms with Gasteiger partial charge in [-0.15, -0.1) is 11.3 Å². The Kier molecular flexibility index (Phi) is 4.58. The van der Waals surface area contributed by atoms with E-state index in [4.69, 9.17) is 23.2 Å². The molecule has 0 radical (unpaired) electrons. The third-order valence-corrected chi connectivity index (χ3v) is 5.80. The molecule has 0 aliphatic rings. The molecule has 3 aromatic heterocycles. The fraction of sp³-hybridized carbons (Fsp3) is 0.125. The summed E-state index contributed by atoms with van der Waals surface area (Å²) in [5.41, 5.74) is -0.00898. The lowest BCUT2D eigenvalue weighted by molar-refractivity contribution is 0.635. The summed E-state index contributed by atoms with van der Waals surface area (Å²) in [5, 5.41) is 10.6. The molecule has 0 saturated carbocycles. The number of hydrogen-bond donors (Lipinski definition) is 2. The normalized spacial score (nSPS) is 12.4. The Morgan fingerprint density at radius 1 is 1.37 bits per heavy atom. The molecular formula is C16H11Cl2FN6OS. The lowest BCUT2D eigenvalue weighted by atomic mass is 10.2. The number of halogens is 3. The van der Waals surface area contributed by atoms with E-state index in [1.165, 1.54) is 34.5 Å². The molecule has 7 nitrogen and oxygen atoms in total. The van der Waals surface area contributed by atoms with Crippen LogP contribution in [0, 0.1) is 5.82 Å². The second-order valence-corrected chi connectivity index (χ2v) is 7.69. The summed E-state index contributed by atoms with van der Waals surface area (Å²) in [6.45, 7) is 1.83. The average molecular weight is 425 g/mol. The van der Waals surface area contributed by atoms with Crippen molar-refractivity contribution in [1.29, 1.82) is 0 Å². The van der Waals surface area contributed by atoms with Crippen LogP contribution >= 0.6 is 34.5 Å². The highest BCUT2D eigenvalue weighted by atomic mass is 35.5. The van der Waals surface area contributed by atoms with Gasteiger partial charge in [0.2, 0.25) is 0 Å². The van der Waals surface area contributed by atoms with E-state index in [-0.39, 0.29) is 22.1 Å². The smallest absolute Gasteiger partial charge is 0.267 e. The van der Waals surface area contributed by atoms with Crippen LogP contribution in [0.5, 0.6) is 0 Å². The standard InChI is InChI=1S/C16H11Cl2FN6OS/c1-7(15-23-13(17)14(18)27-15)22-8-4-9-12(10(19)5-8)20-6-25(16(9)26)11-2-3-21-24-11/h2-7,22H,1H3,(H,21,24). The van der Waals surface area contributed by atoms with E-state index in [1.54, 1.807) is 12.1 Å². The summed E-state index contributed by atoms with van der Waals surface area (Å²) >= 11 is 13.1. The van der Waals surface area contributed by atoms with Gasteiger partial charge in [-0.1, -0.05) is 23.2 Å². The maximum atomic E-state index is 14.5. The van der Waals surface area contributed by atoms with Crippen LogP contribution in [-0.2, 0) is 0 Å². The predicted molar refractivity (Wildman–Crippen MR) is 104 cm³/mol. The Morgan fingerprint density at radius 3 is 2.85 bits per heavy atom. The number of fused-ring (bicyclic) bond motifs is 1. The number of rotatable bonds is 4. The Labute approximate surface area is 165 Å². The Bertz CT molecular complexity index is 1170. The number of thiazole rings is 1. The highest BCUT2D eigenvalue weighted by molar-refractivity contribution is 7.16. The molecule has 4 aromatic rings. The van der Waals surface area contributed by atoms with Crippen molar-refractivity contribution in [3.63, 3.8) is 0 Å². The second kappa shape index (κ2) is 6.91. The van der Waals surface area contributed by atoms with Crippen LogP contribution in [0.1, 0.15) is 18.0 Å². The first kappa shape index (κ1) is 17.9. The third-order valence-electron chi connectivity index (χ3n) is 3.88. The van der Waals surface area contributed by atoms with Crippen molar-refractivity contribution in [1.82, 2.24) is 24.7 Å². The minimum absolute atomic E-state index is 0.00527. The number of aromatic nitrogens is 5. The van der Waals surface area contributed by atoms with E-state index in [9.17, 15) is 9.18 Å². The summed E-state index contributed by atoms with van der Waals surface area (Å²) in [6, 6.07) is 4.16. The van der Waals surface area contributed by atoms with E-state index in [2.05, 4.69) is 25.5 Å². The Hall–Kier alpha value is -2.49. The summed E-state index contributed by atoms with van der Waals surface area (Å²) in [5.74, 6) is -0.167. The number of hydrogen-bond acceptors (Lipinski definition) is 6. The van der Waals surface area contributed by atoms with Gasteiger partial charge in [0.15, 0.2) is 11.0 Å². The van der Waals surface area contributed by atoms with Gasteiger partial charge in [0.05, 0.1) is 17.6 Å². The van der Waals surface area contributed by atoms with Crippen molar-refractivity contribution in [3.05, 3.63) is 61.4 Å². The van der Waals surface area contributed by atoms with Crippen molar-refractivity contribution >= 4 is 51.1 Å². The molecule has 4 rings (SSSR count). The van der Waals surface area contributed by atoms with Crippen molar-refractivity contribution in [3.8, 4) is 5.82 Å². The van der Waals surface area contributed by atoms with E-state index in [0.717, 1.165) is 0 Å². The van der Waals surface area contributed by atoms with Gasteiger partial charge in [0.25, 0.3) is 5.56 Å². The first-order valence-corrected chi connectivity index (χ1v) is 9.30. The van der Waals surface area contributed by atoms with Gasteiger partial charge in [-0.05, 0) is 19.1 Å². The van der Waals surface area contributed by atoms with Crippen LogP contribution in [0.25, 0.3) is 16.7 Å². The molecule has 0 amide bonds. The van der Waals surface area contributed by atoms with E-state index < -0.39 is 11.4 Å². The Balaban J connectivity index is 1.75. The lowest BCUT2D eigenvalue weighted by Gasteiger charge is -2.14. The number of nitrogens with one attached hydrogen (secondary N) is 2. The number of nitrogens with zero attached hydrogens (tertiary/aromatic N) is 4. The van der Waals surface area contributed by atoms with Crippen LogP contribution in [0.2, 0.25) is 9.49 Å². The van der Waals surface area contributed by atoms with Gasteiger partial charge in [-0.3, -0.25) is 14.5 Å². The van der Waals surface area contributed by atoms with Gasteiger partial charge in [-0.2, -0.15) is 5.10 Å². The van der Waals surface area contributed by atoms with Crippen LogP contribution < -0.4 is 10.9 Å². The Morgan fingerprint density at radius 2 is 2.19 bits per heavy atom. The average Bonchev–Trinajstić information content (AvgIpc) is 3.26. The zero-order valence-electron chi connectivity index (χ0n) is 13.7. The van der Waals surface area contributed by atoms with E-state index in [1.807, 2.05) is 6.92 Å². The molecular weight excluding hydrogens is 414 g/mol. The zero-order valence-corrected chi connectivity index (χ0v) is 16.0. The van der Waals surface area contributed by atoms with Crippen LogP contribution in [0.4, 0.5) is 10.1 Å². The van der Waals surface area contributed by atoms with E-state index in [0.29, 0.717) is 20.8 Å². The highest BCUT2D eigenvalue weighted by Gasteiger charge is 2.16. The largest absolute Gasteiger partial charge is 0.376 e. The minimum Gasteiger partial charge on any atom is -0.376 e. The first-order valence-electron chi connectivity index (χ1n) is 7.73. The zero-order chi connectivity index (χ0) is 19.1. The van der Waals surface area contributed by atoms with Gasteiger partial charge in [-0.25, -0.2) is 14.4 Å². The van der Waals surface area contributed by atoms with Gasteiger partial charge in [0.1, 0.15) is 27.0 Å². The van der Waals surface area contributed by atoms with Gasteiger partial charge >= 0.3 is 0 Å². The molecule has 0 aliphatic carbocycles. The summed E-state index contributed by atoms with van der Waals surface area (Å²) in [4.78, 5) is 21.0. The van der Waals surface area contributed by atoms with Crippen molar-refractivity contribution in [2.45, 2.75) is 13.0 Å². The van der Waals surface area contributed by atoms with Crippen molar-refractivity contribution < 1.29 is 4.39 Å². The monoisotopic (exact) mass is 424 g/mol. The fourth-order valence-corrected chi connectivity index (χ4v) is 3.85. The molecule has 3 heterocycles. The van der Waals surface area contributed by atoms with Crippen molar-refractivity contribution in [2.24, 2.45) is 0 Å². The topological polar surface area (TPSA) is 88.5 Å². The molecule has 11 heteroatoms. The molecule has 2 N–H and O–H groups in total. The fourth-order valence-electron chi connectivity index (χ4n) is 2.62. The molecule has 1 unspecified atom stereocenters. The van der Waals surface area contributed by atoms with Crippen LogP contribution in [0.3, 0.4) is 0 Å². The van der Waals surface area contributed by atoms with Crippen LogP contribution in [-0.4, -0.2) is 24.7 Å². The summed E-state index contributed by atoms with van der Waals surface area (Å²) in [6.07, 6.45) is 2.77. The number of benzene rings is 1. The third kappa shape index (κ3) is 3.29. The summed E-state index contributed by atoms with van der Waals surface area (Å²) < 4.78 is 16.1. The molecule has 27 heavy (non-hydrogen) atoms. The molecule has 0 bridgehead atoms. The molecule has 138 valence electrons. The van der Waals surface area contributed by atoms with Gasteiger partial charge < -0.3 is 5.32 Å². The number of aromatic amines is 1. The maximum Gasteiger partial charge on any atom is 0.267 e. The molecule has 1 aromatic carbocycles. The van der Waals surface area contributed by atoms with Crippen molar-refractivity contribution in [2.75, 3.05) is 5.32 Å². The number of H-pyrrole nitrogens is 1. The highest BCUT2D eigenvalue weighted by Crippen LogP contribution is 2.33. The maximum absolute atomic E-state index is 14.5. The molecule has 0 aliphatic heterocycles. The molecule has 1 atom stereocenters. The molecule has 0 saturated heterocycles. The lowest BCUT2D eigenvalue weighted by Crippen LogP contribution is -2.20. The van der Waals surface area contributed by atoms with Crippen LogP contribution in [0.15, 0.2) is 35.5 Å². The van der Waals surface area contributed by atoms with E-state index >= 15 is 0 Å². The predicted octanol–water partition coefficient (Wildman–Crippen LogP) is 4.18. The quantitative estimate of drug-likeness (QED) is 0.512. The second-order valence-electron chi connectivity index (χ2n) is 5.70. The molecule has 0 fully saturated rings. The first-order chi connectivity index (χ1) is 12.9. The number of anilines is 1. The van der Waals surface area contributed by atoms with Gasteiger partial charge in [0, 0.05) is 11.8 Å². The molecule has 0 spiro atoms. The summed E-state index contributed by atoms with van der Waals surface area (Å²) in [7, 11) is 0. The minimum atomic E-state index is -0.605.